The number of carbonyl (C=O) groups excluding carboxylic acids is 2. The van der Waals surface area contributed by atoms with Crippen LogP contribution in [0.5, 0.6) is 0 Å². The van der Waals surface area contributed by atoms with Crippen LogP contribution < -0.4 is 5.32 Å². The smallest absolute Gasteiger partial charge is 0.340 e. The Morgan fingerprint density at radius 2 is 2.04 bits per heavy atom. The highest BCUT2D eigenvalue weighted by Gasteiger charge is 2.36. The fourth-order valence-electron chi connectivity index (χ4n) is 3.16. The summed E-state index contributed by atoms with van der Waals surface area (Å²) in [6.07, 6.45) is 1.12. The molecule has 0 bridgehead atoms. The van der Waals surface area contributed by atoms with E-state index in [9.17, 15) is 18.0 Å². The molecule has 1 saturated heterocycles. The topological polar surface area (TPSA) is 92.8 Å². The molecule has 0 aliphatic carbocycles. The molecule has 1 amide bonds. The van der Waals surface area contributed by atoms with Crippen LogP contribution in [0.4, 0.5) is 5.69 Å². The third kappa shape index (κ3) is 4.75. The number of rotatable bonds is 7. The molecule has 1 N–H and O–H groups in total. The van der Waals surface area contributed by atoms with Gasteiger partial charge in [0.2, 0.25) is 0 Å². The lowest BCUT2D eigenvalue weighted by molar-refractivity contribution is -0.138. The summed E-state index contributed by atoms with van der Waals surface area (Å²) in [5.74, 6) is -0.893. The summed E-state index contributed by atoms with van der Waals surface area (Å²) in [6, 6.07) is 6.39. The van der Waals surface area contributed by atoms with E-state index in [4.69, 9.17) is 4.74 Å². The van der Waals surface area contributed by atoms with E-state index < -0.39 is 22.4 Å². The maximum absolute atomic E-state index is 12.7. The van der Waals surface area contributed by atoms with Crippen molar-refractivity contribution in [3.63, 3.8) is 0 Å². The van der Waals surface area contributed by atoms with Crippen LogP contribution in [-0.4, -0.2) is 62.4 Å². The molecule has 0 radical (unpaired) electrons. The van der Waals surface area contributed by atoms with Crippen molar-refractivity contribution in [3.05, 3.63) is 29.8 Å². The van der Waals surface area contributed by atoms with Gasteiger partial charge in [0.25, 0.3) is 5.91 Å². The number of nitrogens with one attached hydrogen (secondary N) is 1. The Bertz CT molecular complexity index is 763. The quantitative estimate of drug-likeness (QED) is 0.722. The molecule has 1 heterocycles. The second-order valence-corrected chi connectivity index (χ2v) is 8.72. The van der Waals surface area contributed by atoms with Gasteiger partial charge in [0, 0.05) is 24.8 Å². The Morgan fingerprint density at radius 1 is 1.35 bits per heavy atom. The summed E-state index contributed by atoms with van der Waals surface area (Å²) >= 11 is 0. The highest BCUT2D eigenvalue weighted by Crippen LogP contribution is 2.22. The first-order valence-corrected chi connectivity index (χ1v) is 10.6. The van der Waals surface area contributed by atoms with Crippen LogP contribution in [0.15, 0.2) is 24.3 Å². The maximum atomic E-state index is 12.7. The molecular formula is C18H26N2O5S. The van der Waals surface area contributed by atoms with Gasteiger partial charge < -0.3 is 15.0 Å². The average Bonchev–Trinajstić information content (AvgIpc) is 2.98. The third-order valence-electron chi connectivity index (χ3n) is 4.70. The van der Waals surface area contributed by atoms with Crippen LogP contribution in [0.3, 0.4) is 0 Å². The number of hydrogen-bond donors (Lipinski definition) is 1. The summed E-state index contributed by atoms with van der Waals surface area (Å²) in [4.78, 5) is 26.5. The van der Waals surface area contributed by atoms with Crippen molar-refractivity contribution in [1.82, 2.24) is 4.90 Å². The molecule has 2 rings (SSSR count). The van der Waals surface area contributed by atoms with Crippen molar-refractivity contribution in [2.45, 2.75) is 38.8 Å². The molecule has 8 heteroatoms. The highest BCUT2D eigenvalue weighted by atomic mass is 32.2. The van der Waals surface area contributed by atoms with Crippen molar-refractivity contribution in [2.24, 2.45) is 0 Å². The van der Waals surface area contributed by atoms with E-state index in [1.165, 1.54) is 0 Å². The van der Waals surface area contributed by atoms with Crippen molar-refractivity contribution >= 4 is 27.4 Å². The lowest BCUT2D eigenvalue weighted by Gasteiger charge is -2.33. The third-order valence-corrected chi connectivity index (χ3v) is 6.45. The molecule has 2 atom stereocenters. The minimum atomic E-state index is -3.11. The fraction of sp³-hybridized carbons (Fsp3) is 0.556. The van der Waals surface area contributed by atoms with E-state index in [1.807, 2.05) is 13.8 Å². The fourth-order valence-corrected chi connectivity index (χ4v) is 4.87. The van der Waals surface area contributed by atoms with E-state index in [-0.39, 0.29) is 29.5 Å². The van der Waals surface area contributed by atoms with Crippen LogP contribution >= 0.6 is 0 Å². The molecule has 1 aromatic carbocycles. The monoisotopic (exact) mass is 382 g/mol. The van der Waals surface area contributed by atoms with E-state index in [0.29, 0.717) is 24.1 Å². The lowest BCUT2D eigenvalue weighted by atomic mass is 10.1. The van der Waals surface area contributed by atoms with Gasteiger partial charge in [-0.05, 0) is 31.9 Å². The lowest BCUT2D eigenvalue weighted by Crippen LogP contribution is -2.48. The number of esters is 1. The first kappa shape index (κ1) is 20.2. The van der Waals surface area contributed by atoms with Gasteiger partial charge in [-0.15, -0.1) is 0 Å². The Labute approximate surface area is 154 Å². The van der Waals surface area contributed by atoms with Gasteiger partial charge in [-0.25, -0.2) is 13.2 Å². The molecule has 1 aliphatic heterocycles. The molecule has 1 aromatic rings. The first-order chi connectivity index (χ1) is 12.3. The Morgan fingerprint density at radius 3 is 2.62 bits per heavy atom. The largest absolute Gasteiger partial charge is 0.452 e. The van der Waals surface area contributed by atoms with Gasteiger partial charge in [0.05, 0.1) is 17.1 Å². The number of ether oxygens (including phenoxy) is 1. The second kappa shape index (κ2) is 8.53. The Hall–Kier alpha value is -2.09. The molecule has 0 unspecified atom stereocenters. The maximum Gasteiger partial charge on any atom is 0.340 e. The number of anilines is 1. The van der Waals surface area contributed by atoms with Gasteiger partial charge in [-0.1, -0.05) is 19.1 Å². The van der Waals surface area contributed by atoms with Crippen LogP contribution in [0.25, 0.3) is 0 Å². The van der Waals surface area contributed by atoms with Crippen molar-refractivity contribution in [1.29, 1.82) is 0 Å². The molecule has 0 spiro atoms. The van der Waals surface area contributed by atoms with Crippen molar-refractivity contribution in [3.8, 4) is 0 Å². The number of benzene rings is 1. The minimum absolute atomic E-state index is 0.0282. The Balaban J connectivity index is 2.06. The van der Waals surface area contributed by atoms with E-state index >= 15 is 0 Å². The average molecular weight is 382 g/mol. The molecule has 1 fully saturated rings. The zero-order valence-electron chi connectivity index (χ0n) is 15.4. The normalized spacial score (nSPS) is 19.6. The second-order valence-electron chi connectivity index (χ2n) is 6.49. The zero-order chi connectivity index (χ0) is 19.3. The van der Waals surface area contributed by atoms with Gasteiger partial charge in [0.1, 0.15) is 0 Å². The molecule has 144 valence electrons. The molecule has 7 nitrogen and oxygen atoms in total. The standard InChI is InChI=1S/C18H26N2O5S/c1-4-13(2)20(14-9-10-26(23,24)12-14)17(21)11-25-18(22)15-7-5-6-8-16(15)19-3/h5-8,13-14,19H,4,9-12H2,1-3H3/t13-,14-/m1/s1. The number of amides is 1. The van der Waals surface area contributed by atoms with Crippen LogP contribution in [-0.2, 0) is 19.4 Å². The van der Waals surface area contributed by atoms with Crippen molar-refractivity contribution in [2.75, 3.05) is 30.5 Å². The predicted octanol–water partition coefficient (Wildman–Crippen LogP) is 1.70. The van der Waals surface area contributed by atoms with Gasteiger partial charge >= 0.3 is 5.97 Å². The highest BCUT2D eigenvalue weighted by molar-refractivity contribution is 7.91. The molecule has 0 saturated carbocycles. The number of sulfone groups is 1. The SMILES string of the molecule is CC[C@@H](C)N(C(=O)COC(=O)c1ccccc1NC)[C@@H]1CCS(=O)(=O)C1. The van der Waals surface area contributed by atoms with Crippen LogP contribution in [0.2, 0.25) is 0 Å². The number of hydrogen-bond acceptors (Lipinski definition) is 6. The predicted molar refractivity (Wildman–Crippen MR) is 99.9 cm³/mol. The van der Waals surface area contributed by atoms with Gasteiger partial charge in [-0.3, -0.25) is 4.79 Å². The van der Waals surface area contributed by atoms with E-state index in [2.05, 4.69) is 5.32 Å². The van der Waals surface area contributed by atoms with Gasteiger partial charge in [-0.2, -0.15) is 0 Å². The first-order valence-electron chi connectivity index (χ1n) is 8.74. The number of carbonyl (C=O) groups is 2. The zero-order valence-corrected chi connectivity index (χ0v) is 16.2. The summed E-state index contributed by atoms with van der Waals surface area (Å²) < 4.78 is 28.7. The van der Waals surface area contributed by atoms with Gasteiger partial charge in [0.15, 0.2) is 16.4 Å². The van der Waals surface area contributed by atoms with Crippen LogP contribution in [0.1, 0.15) is 37.0 Å². The van der Waals surface area contributed by atoms with E-state index in [1.54, 1.807) is 36.2 Å². The molecule has 26 heavy (non-hydrogen) atoms. The summed E-state index contributed by atoms with van der Waals surface area (Å²) in [7, 11) is -1.41. The summed E-state index contributed by atoms with van der Waals surface area (Å²) in [6.45, 7) is 3.41. The molecule has 0 aromatic heterocycles. The number of nitrogens with zero attached hydrogens (tertiary/aromatic N) is 1. The van der Waals surface area contributed by atoms with E-state index in [0.717, 1.165) is 0 Å². The molecular weight excluding hydrogens is 356 g/mol. The van der Waals surface area contributed by atoms with Crippen molar-refractivity contribution < 1.29 is 22.7 Å². The summed E-state index contributed by atoms with van der Waals surface area (Å²) in [5, 5.41) is 2.91. The Kier molecular flexibility index (Phi) is 6.63. The number of para-hydroxylation sites is 1. The minimum Gasteiger partial charge on any atom is -0.452 e. The molecule has 1 aliphatic rings. The van der Waals surface area contributed by atoms with Crippen LogP contribution in [0, 0.1) is 0 Å². The summed E-state index contributed by atoms with van der Waals surface area (Å²) in [5.41, 5.74) is 0.965.